The molecule has 2 N–H and O–H groups in total. The summed E-state index contributed by atoms with van der Waals surface area (Å²) >= 11 is 0. The Morgan fingerprint density at radius 3 is 2.21 bits per heavy atom. The Hall–Kier alpha value is -1.41. The summed E-state index contributed by atoms with van der Waals surface area (Å²) in [6.07, 6.45) is 0. The molecule has 0 amide bonds. The molecule has 0 saturated carbocycles. The molecule has 1 rings (SSSR count). The summed E-state index contributed by atoms with van der Waals surface area (Å²) in [6, 6.07) is -1.16. The first kappa shape index (κ1) is 15.6. The van der Waals surface area contributed by atoms with Crippen LogP contribution in [-0.4, -0.2) is 35.3 Å². The van der Waals surface area contributed by atoms with Crippen LogP contribution < -0.4 is 4.72 Å². The number of hydrogen-bond acceptors (Lipinski definition) is 4. The van der Waals surface area contributed by atoms with Gasteiger partial charge in [-0.2, -0.15) is 9.82 Å². The van der Waals surface area contributed by atoms with E-state index in [4.69, 9.17) is 5.11 Å². The quantitative estimate of drug-likeness (QED) is 0.818. The lowest BCUT2D eigenvalue weighted by molar-refractivity contribution is -0.140. The Morgan fingerprint density at radius 1 is 1.37 bits per heavy atom. The molecule has 1 aromatic heterocycles. The van der Waals surface area contributed by atoms with E-state index in [1.807, 2.05) is 0 Å². The average Bonchev–Trinajstić information content (AvgIpc) is 2.49. The highest BCUT2D eigenvalue weighted by molar-refractivity contribution is 7.89. The molecule has 0 spiro atoms. The molecule has 0 bridgehead atoms. The normalized spacial score (nSPS) is 13.8. The maximum absolute atomic E-state index is 12.3. The molecule has 7 nitrogen and oxygen atoms in total. The van der Waals surface area contributed by atoms with Crippen molar-refractivity contribution in [2.45, 2.75) is 38.6 Å². The Bertz CT molecular complexity index is 589. The van der Waals surface area contributed by atoms with Gasteiger partial charge in [-0.3, -0.25) is 9.48 Å². The molecule has 1 heterocycles. The topological polar surface area (TPSA) is 101 Å². The first-order chi connectivity index (χ1) is 8.58. The van der Waals surface area contributed by atoms with Crippen molar-refractivity contribution in [1.29, 1.82) is 0 Å². The summed E-state index contributed by atoms with van der Waals surface area (Å²) in [6.45, 7) is 6.49. The van der Waals surface area contributed by atoms with Crippen LogP contribution in [0.3, 0.4) is 0 Å². The number of hydrogen-bond donors (Lipinski definition) is 2. The summed E-state index contributed by atoms with van der Waals surface area (Å²) in [5.74, 6) is -1.55. The fourth-order valence-corrected chi connectivity index (χ4v) is 3.62. The van der Waals surface area contributed by atoms with Gasteiger partial charge in [0.25, 0.3) is 0 Å². The van der Waals surface area contributed by atoms with E-state index >= 15 is 0 Å². The number of carbonyl (C=O) groups is 1. The van der Waals surface area contributed by atoms with Crippen molar-refractivity contribution in [3.05, 3.63) is 11.4 Å². The number of nitrogens with one attached hydrogen (secondary N) is 1. The Kier molecular flexibility index (Phi) is 4.36. The van der Waals surface area contributed by atoms with Crippen molar-refractivity contribution >= 4 is 16.0 Å². The lowest BCUT2D eigenvalue weighted by atomic mass is 10.1. The number of rotatable bonds is 5. The van der Waals surface area contributed by atoms with Crippen LogP contribution in [0.1, 0.15) is 25.2 Å². The molecule has 0 unspecified atom stereocenters. The van der Waals surface area contributed by atoms with Crippen LogP contribution in [0.15, 0.2) is 4.90 Å². The van der Waals surface area contributed by atoms with Gasteiger partial charge in [0.1, 0.15) is 10.9 Å². The zero-order chi connectivity index (χ0) is 15.0. The minimum atomic E-state index is -3.90. The molecule has 0 aliphatic rings. The Morgan fingerprint density at radius 2 is 1.89 bits per heavy atom. The molecule has 0 aliphatic heterocycles. The molecule has 8 heteroatoms. The number of aliphatic carboxylic acids is 1. The first-order valence-electron chi connectivity index (χ1n) is 5.83. The van der Waals surface area contributed by atoms with Crippen molar-refractivity contribution in [1.82, 2.24) is 14.5 Å². The second kappa shape index (κ2) is 5.30. The SMILES string of the molecule is Cc1nn(C)c(C)c1S(=O)(=O)N[C@@H](C(=O)O)C(C)C. The van der Waals surface area contributed by atoms with Gasteiger partial charge in [0, 0.05) is 7.05 Å². The van der Waals surface area contributed by atoms with Gasteiger partial charge in [0.05, 0.1) is 11.4 Å². The summed E-state index contributed by atoms with van der Waals surface area (Å²) in [4.78, 5) is 11.1. The molecule has 0 fully saturated rings. The molecule has 0 saturated heterocycles. The molecule has 19 heavy (non-hydrogen) atoms. The van der Waals surface area contributed by atoms with Gasteiger partial charge in [-0.1, -0.05) is 13.8 Å². The van der Waals surface area contributed by atoms with Gasteiger partial charge in [-0.15, -0.1) is 0 Å². The van der Waals surface area contributed by atoms with Crippen LogP contribution in [0.2, 0.25) is 0 Å². The molecule has 0 radical (unpaired) electrons. The Labute approximate surface area is 112 Å². The van der Waals surface area contributed by atoms with Gasteiger partial charge < -0.3 is 5.11 Å². The van der Waals surface area contributed by atoms with E-state index in [2.05, 4.69) is 9.82 Å². The summed E-state index contributed by atoms with van der Waals surface area (Å²) in [7, 11) is -2.27. The van der Waals surface area contributed by atoms with Crippen molar-refractivity contribution in [2.75, 3.05) is 0 Å². The Balaban J connectivity index is 3.22. The van der Waals surface area contributed by atoms with E-state index in [1.165, 1.54) is 4.68 Å². The lowest BCUT2D eigenvalue weighted by Crippen LogP contribution is -2.44. The van der Waals surface area contributed by atoms with Gasteiger partial charge >= 0.3 is 5.97 Å². The van der Waals surface area contributed by atoms with E-state index in [0.717, 1.165) is 0 Å². The number of sulfonamides is 1. The molecule has 1 atom stereocenters. The summed E-state index contributed by atoms with van der Waals surface area (Å²) in [5, 5.41) is 13.1. The monoisotopic (exact) mass is 289 g/mol. The minimum Gasteiger partial charge on any atom is -0.480 e. The predicted octanol–water partition coefficient (Wildman–Crippen LogP) is 0.424. The molecule has 0 aliphatic carbocycles. The zero-order valence-electron chi connectivity index (χ0n) is 11.6. The molecule has 0 aromatic carbocycles. The van der Waals surface area contributed by atoms with E-state index in [9.17, 15) is 13.2 Å². The van der Waals surface area contributed by atoms with Crippen molar-refractivity contribution in [3.8, 4) is 0 Å². The number of nitrogens with zero attached hydrogens (tertiary/aromatic N) is 2. The summed E-state index contributed by atoms with van der Waals surface area (Å²) in [5.41, 5.74) is 0.818. The fraction of sp³-hybridized carbons (Fsp3) is 0.636. The van der Waals surface area contributed by atoms with Crippen molar-refractivity contribution in [3.63, 3.8) is 0 Å². The first-order valence-corrected chi connectivity index (χ1v) is 7.31. The van der Waals surface area contributed by atoms with Gasteiger partial charge in [0.2, 0.25) is 10.0 Å². The van der Waals surface area contributed by atoms with E-state index in [0.29, 0.717) is 11.4 Å². The van der Waals surface area contributed by atoms with Crippen LogP contribution in [0.4, 0.5) is 0 Å². The third-order valence-electron chi connectivity index (χ3n) is 2.93. The number of aryl methyl sites for hydroxylation is 2. The third kappa shape index (κ3) is 3.13. The smallest absolute Gasteiger partial charge is 0.322 e. The van der Waals surface area contributed by atoms with Crippen LogP contribution in [0.5, 0.6) is 0 Å². The van der Waals surface area contributed by atoms with Gasteiger partial charge in [0.15, 0.2) is 0 Å². The highest BCUT2D eigenvalue weighted by Gasteiger charge is 2.31. The number of aromatic nitrogens is 2. The second-order valence-electron chi connectivity index (χ2n) is 4.80. The van der Waals surface area contributed by atoms with Crippen LogP contribution in [0.25, 0.3) is 0 Å². The van der Waals surface area contributed by atoms with Crippen LogP contribution in [-0.2, 0) is 21.9 Å². The predicted molar refractivity (Wildman–Crippen MR) is 69.3 cm³/mol. The summed E-state index contributed by atoms with van der Waals surface area (Å²) < 4.78 is 28.2. The highest BCUT2D eigenvalue weighted by Crippen LogP contribution is 2.19. The largest absolute Gasteiger partial charge is 0.480 e. The van der Waals surface area contributed by atoms with Crippen molar-refractivity contribution in [2.24, 2.45) is 13.0 Å². The second-order valence-corrected chi connectivity index (χ2v) is 6.46. The number of carboxylic acid groups (broad SMARTS) is 1. The maximum Gasteiger partial charge on any atom is 0.322 e. The standard InChI is InChI=1S/C11H19N3O4S/c1-6(2)9(11(15)16)13-19(17,18)10-7(3)12-14(5)8(10)4/h6,9,13H,1-5H3,(H,15,16)/t9-/m1/s1. The van der Waals surface area contributed by atoms with E-state index < -0.39 is 22.0 Å². The number of carboxylic acids is 1. The minimum absolute atomic E-state index is 0.0434. The zero-order valence-corrected chi connectivity index (χ0v) is 12.4. The lowest BCUT2D eigenvalue weighted by Gasteiger charge is -2.18. The van der Waals surface area contributed by atoms with E-state index in [1.54, 1.807) is 34.7 Å². The van der Waals surface area contributed by atoms with Crippen molar-refractivity contribution < 1.29 is 18.3 Å². The van der Waals surface area contributed by atoms with Crippen LogP contribution in [0, 0.1) is 19.8 Å². The van der Waals surface area contributed by atoms with Gasteiger partial charge in [-0.05, 0) is 19.8 Å². The van der Waals surface area contributed by atoms with Crippen LogP contribution >= 0.6 is 0 Å². The molecule has 1 aromatic rings. The fourth-order valence-electron chi connectivity index (χ4n) is 1.84. The highest BCUT2D eigenvalue weighted by atomic mass is 32.2. The maximum atomic E-state index is 12.3. The third-order valence-corrected chi connectivity index (χ3v) is 4.62. The molecule has 108 valence electrons. The molecular formula is C11H19N3O4S. The average molecular weight is 289 g/mol. The van der Waals surface area contributed by atoms with Gasteiger partial charge in [-0.25, -0.2) is 8.42 Å². The molecular weight excluding hydrogens is 270 g/mol. The van der Waals surface area contributed by atoms with E-state index in [-0.39, 0.29) is 10.8 Å².